The maximum absolute atomic E-state index is 13.1. The van der Waals surface area contributed by atoms with Crippen LogP contribution in [0, 0.1) is 0 Å². The molecule has 2 aliphatic rings. The number of urea groups is 1. The molecule has 0 aliphatic carbocycles. The van der Waals surface area contributed by atoms with Crippen LogP contribution in [0.4, 0.5) is 16.2 Å². The van der Waals surface area contributed by atoms with Crippen LogP contribution in [0.5, 0.6) is 11.5 Å². The van der Waals surface area contributed by atoms with Crippen molar-refractivity contribution in [1.82, 2.24) is 4.90 Å². The smallest absolute Gasteiger partial charge is 0.330 e. The molecule has 0 saturated heterocycles. The highest BCUT2D eigenvalue weighted by Crippen LogP contribution is 2.33. The van der Waals surface area contributed by atoms with E-state index in [2.05, 4.69) is 10.3 Å². The summed E-state index contributed by atoms with van der Waals surface area (Å²) in [5.74, 6) is 1.32. The van der Waals surface area contributed by atoms with Crippen LogP contribution in [0.15, 0.2) is 41.4 Å². The number of rotatable bonds is 5. The Balaban J connectivity index is 1.63. The molecule has 0 fully saturated rings. The predicted molar refractivity (Wildman–Crippen MR) is 115 cm³/mol. The lowest BCUT2D eigenvalue weighted by atomic mass is 10.1. The zero-order valence-corrected chi connectivity index (χ0v) is 17.4. The van der Waals surface area contributed by atoms with Gasteiger partial charge in [0.15, 0.2) is 0 Å². The summed E-state index contributed by atoms with van der Waals surface area (Å²) in [6.07, 6.45) is 0.777. The average Bonchev–Trinajstić information content (AvgIpc) is 2.76. The Labute approximate surface area is 179 Å². The van der Waals surface area contributed by atoms with Crippen LogP contribution in [0.2, 0.25) is 5.02 Å². The molecule has 0 atom stereocenters. The molecule has 0 unspecified atom stereocenters. The van der Waals surface area contributed by atoms with Crippen LogP contribution < -0.4 is 19.7 Å². The fraction of sp³-hybridized carbons (Fsp3) is 0.286. The third-order valence-electron chi connectivity index (χ3n) is 4.99. The minimum Gasteiger partial charge on any atom is -0.497 e. The number of aliphatic imine (C=N–C) groups is 1. The number of anilines is 2. The summed E-state index contributed by atoms with van der Waals surface area (Å²) in [5, 5.41) is 3.28. The van der Waals surface area contributed by atoms with Gasteiger partial charge in [0, 0.05) is 29.7 Å². The highest BCUT2D eigenvalue weighted by molar-refractivity contribution is 6.31. The summed E-state index contributed by atoms with van der Waals surface area (Å²) in [6, 6.07) is 10.1. The molecular formula is C21H21ClN4O4. The molecule has 156 valence electrons. The molecule has 8 nitrogen and oxygen atoms in total. The maximum atomic E-state index is 13.1. The van der Waals surface area contributed by atoms with Crippen molar-refractivity contribution in [3.63, 3.8) is 0 Å². The van der Waals surface area contributed by atoms with Gasteiger partial charge in [-0.3, -0.25) is 19.6 Å². The predicted octanol–water partition coefficient (Wildman–Crippen LogP) is 3.39. The minimum absolute atomic E-state index is 0.184. The second-order valence-electron chi connectivity index (χ2n) is 6.86. The van der Waals surface area contributed by atoms with Crippen molar-refractivity contribution in [3.8, 4) is 11.5 Å². The number of ether oxygens (including phenoxy) is 2. The molecule has 0 saturated carbocycles. The van der Waals surface area contributed by atoms with Gasteiger partial charge in [-0.05, 0) is 36.8 Å². The van der Waals surface area contributed by atoms with Crippen LogP contribution >= 0.6 is 11.6 Å². The molecule has 4 rings (SSSR count). The van der Waals surface area contributed by atoms with Crippen LogP contribution in [-0.4, -0.2) is 56.5 Å². The van der Waals surface area contributed by atoms with Gasteiger partial charge >= 0.3 is 6.03 Å². The summed E-state index contributed by atoms with van der Waals surface area (Å²) < 4.78 is 10.5. The van der Waals surface area contributed by atoms with Crippen LogP contribution in [0.25, 0.3) is 0 Å². The van der Waals surface area contributed by atoms with Gasteiger partial charge < -0.3 is 14.8 Å². The Hall–Kier alpha value is -3.26. The van der Waals surface area contributed by atoms with E-state index in [0.29, 0.717) is 46.8 Å². The van der Waals surface area contributed by atoms with Crippen molar-refractivity contribution >= 4 is 40.7 Å². The first kappa shape index (κ1) is 20.0. The first-order valence-corrected chi connectivity index (χ1v) is 9.85. The number of carbonyl (C=O) groups is 2. The molecule has 0 aromatic heterocycles. The van der Waals surface area contributed by atoms with Gasteiger partial charge in [0.05, 0.1) is 25.6 Å². The van der Waals surface area contributed by atoms with Crippen molar-refractivity contribution in [1.29, 1.82) is 0 Å². The number of benzene rings is 2. The van der Waals surface area contributed by atoms with E-state index < -0.39 is 0 Å². The summed E-state index contributed by atoms with van der Waals surface area (Å²) in [6.45, 7) is 1.04. The summed E-state index contributed by atoms with van der Waals surface area (Å²) in [7, 11) is 3.05. The van der Waals surface area contributed by atoms with Crippen molar-refractivity contribution in [2.75, 3.05) is 44.1 Å². The van der Waals surface area contributed by atoms with E-state index in [0.717, 1.165) is 12.0 Å². The molecule has 0 spiro atoms. The summed E-state index contributed by atoms with van der Waals surface area (Å²) in [4.78, 5) is 33.6. The van der Waals surface area contributed by atoms with Gasteiger partial charge in [0.25, 0.3) is 0 Å². The number of halogens is 1. The molecule has 2 aromatic carbocycles. The van der Waals surface area contributed by atoms with E-state index in [1.54, 1.807) is 35.2 Å². The molecule has 2 heterocycles. The van der Waals surface area contributed by atoms with Crippen molar-refractivity contribution < 1.29 is 19.1 Å². The largest absolute Gasteiger partial charge is 0.497 e. The number of nitrogens with one attached hydrogen (secondary N) is 1. The first-order chi connectivity index (χ1) is 14.5. The molecule has 2 aromatic rings. The van der Waals surface area contributed by atoms with Gasteiger partial charge in [0.1, 0.15) is 23.9 Å². The molecule has 9 heteroatoms. The number of methoxy groups -OCH3 is 2. The molecule has 3 amide bonds. The number of fused-ring (bicyclic) bond motifs is 3. The lowest BCUT2D eigenvalue weighted by molar-refractivity contribution is -0.114. The Kier molecular flexibility index (Phi) is 5.50. The van der Waals surface area contributed by atoms with Gasteiger partial charge in [-0.2, -0.15) is 0 Å². The number of hydrogen-bond acceptors (Lipinski definition) is 5. The van der Waals surface area contributed by atoms with Crippen molar-refractivity contribution in [2.45, 2.75) is 6.42 Å². The van der Waals surface area contributed by atoms with E-state index in [1.165, 1.54) is 19.1 Å². The monoisotopic (exact) mass is 428 g/mol. The quantitative estimate of drug-likeness (QED) is 0.791. The third-order valence-corrected chi connectivity index (χ3v) is 5.23. The fourth-order valence-electron chi connectivity index (χ4n) is 3.59. The lowest BCUT2D eigenvalue weighted by Crippen LogP contribution is -2.54. The molecule has 0 radical (unpaired) electrons. The molecule has 2 aliphatic heterocycles. The fourth-order valence-corrected chi connectivity index (χ4v) is 3.75. The molecular weight excluding hydrogens is 408 g/mol. The zero-order chi connectivity index (χ0) is 21.3. The minimum atomic E-state index is -0.377. The average molecular weight is 429 g/mol. The lowest BCUT2D eigenvalue weighted by Gasteiger charge is -2.39. The number of hydrogen-bond donors (Lipinski definition) is 1. The van der Waals surface area contributed by atoms with E-state index in [9.17, 15) is 9.59 Å². The standard InChI is InChI=1S/C21H21ClN4O4/c1-29-14-5-7-18(30-2)16(11-14)24-19(27)12-26-17-10-13(22)4-6-15(17)20-23-8-3-9-25(20)21(26)28/h4-7,10-11H,3,8-9,12H2,1-2H3,(H,24,27). The summed E-state index contributed by atoms with van der Waals surface area (Å²) >= 11 is 6.18. The van der Waals surface area contributed by atoms with Gasteiger partial charge in [-0.25, -0.2) is 4.79 Å². The second-order valence-corrected chi connectivity index (χ2v) is 7.29. The van der Waals surface area contributed by atoms with Gasteiger partial charge in [0.2, 0.25) is 5.91 Å². The Morgan fingerprint density at radius 3 is 2.80 bits per heavy atom. The van der Waals surface area contributed by atoms with E-state index in [4.69, 9.17) is 21.1 Å². The number of nitrogens with zero attached hydrogens (tertiary/aromatic N) is 3. The normalized spacial score (nSPS) is 15.2. The van der Waals surface area contributed by atoms with Crippen molar-refractivity contribution in [2.24, 2.45) is 4.99 Å². The van der Waals surface area contributed by atoms with Crippen LogP contribution in [0.3, 0.4) is 0 Å². The number of carbonyl (C=O) groups excluding carboxylic acids is 2. The number of amidine groups is 1. The SMILES string of the molecule is COc1ccc(OC)c(NC(=O)CN2C(=O)N3CCCN=C3c3ccc(Cl)cc32)c1. The third kappa shape index (κ3) is 3.66. The molecule has 30 heavy (non-hydrogen) atoms. The second kappa shape index (κ2) is 8.23. The Morgan fingerprint density at radius 1 is 1.20 bits per heavy atom. The topological polar surface area (TPSA) is 83.5 Å². The van der Waals surface area contributed by atoms with E-state index >= 15 is 0 Å². The van der Waals surface area contributed by atoms with Gasteiger partial charge in [-0.15, -0.1) is 0 Å². The maximum Gasteiger partial charge on any atom is 0.330 e. The van der Waals surface area contributed by atoms with Crippen molar-refractivity contribution in [3.05, 3.63) is 47.0 Å². The van der Waals surface area contributed by atoms with Gasteiger partial charge in [-0.1, -0.05) is 11.6 Å². The Morgan fingerprint density at radius 2 is 2.03 bits per heavy atom. The highest BCUT2D eigenvalue weighted by atomic mass is 35.5. The van der Waals surface area contributed by atoms with E-state index in [1.807, 2.05) is 6.07 Å². The molecule has 0 bridgehead atoms. The highest BCUT2D eigenvalue weighted by Gasteiger charge is 2.37. The summed E-state index contributed by atoms with van der Waals surface area (Å²) in [5.41, 5.74) is 1.81. The van der Waals surface area contributed by atoms with E-state index in [-0.39, 0.29) is 18.5 Å². The van der Waals surface area contributed by atoms with Crippen LogP contribution in [0.1, 0.15) is 12.0 Å². The zero-order valence-electron chi connectivity index (χ0n) is 16.6. The first-order valence-electron chi connectivity index (χ1n) is 9.47. The Bertz CT molecular complexity index is 1040. The van der Waals surface area contributed by atoms with Crippen LogP contribution in [-0.2, 0) is 4.79 Å². The number of amides is 3. The molecule has 1 N–H and O–H groups in total.